The quantitative estimate of drug-likeness (QED) is 0.336. The van der Waals surface area contributed by atoms with E-state index in [-0.39, 0.29) is 29.6 Å². The molecule has 106 valence electrons. The van der Waals surface area contributed by atoms with Crippen molar-refractivity contribution in [2.45, 2.75) is 37.6 Å². The number of oxime groups is 1. The predicted molar refractivity (Wildman–Crippen MR) is 75.6 cm³/mol. The fourth-order valence-corrected chi connectivity index (χ4v) is 3.34. The van der Waals surface area contributed by atoms with Gasteiger partial charge >= 0.3 is 0 Å². The molecule has 5 heteroatoms. The minimum atomic E-state index is -0.0423. The summed E-state index contributed by atoms with van der Waals surface area (Å²) in [5, 5.41) is 15.0. The Balaban J connectivity index is 1.66. The molecule has 2 aliphatic rings. The molecule has 0 radical (unpaired) electrons. The molecule has 1 aromatic carbocycles. The van der Waals surface area contributed by atoms with Gasteiger partial charge in [0.25, 0.3) is 0 Å². The van der Waals surface area contributed by atoms with Gasteiger partial charge in [-0.2, -0.15) is 0 Å². The van der Waals surface area contributed by atoms with Crippen molar-refractivity contribution in [3.63, 3.8) is 0 Å². The number of rotatable bonds is 3. The van der Waals surface area contributed by atoms with Gasteiger partial charge in [-0.15, -0.1) is 0 Å². The van der Waals surface area contributed by atoms with Crippen LogP contribution < -0.4 is 11.1 Å². The summed E-state index contributed by atoms with van der Waals surface area (Å²) in [5.74, 6) is 0.201. The molecule has 1 fully saturated rings. The van der Waals surface area contributed by atoms with Crippen molar-refractivity contribution in [2.24, 2.45) is 16.8 Å². The van der Waals surface area contributed by atoms with Crippen molar-refractivity contribution in [1.82, 2.24) is 5.32 Å². The molecule has 5 nitrogen and oxygen atoms in total. The molecule has 20 heavy (non-hydrogen) atoms. The van der Waals surface area contributed by atoms with Gasteiger partial charge in [-0.3, -0.25) is 4.79 Å². The normalized spacial score (nSPS) is 28.6. The fourth-order valence-electron chi connectivity index (χ4n) is 3.34. The van der Waals surface area contributed by atoms with E-state index in [1.165, 1.54) is 5.56 Å². The van der Waals surface area contributed by atoms with Crippen LogP contribution in [0, 0.1) is 5.92 Å². The first kappa shape index (κ1) is 13.0. The Morgan fingerprint density at radius 1 is 1.35 bits per heavy atom. The van der Waals surface area contributed by atoms with Gasteiger partial charge in [-0.05, 0) is 30.4 Å². The van der Waals surface area contributed by atoms with Crippen LogP contribution in [-0.4, -0.2) is 23.0 Å². The molecule has 2 aliphatic carbocycles. The standard InChI is InChI=1S/C15H19N3O2/c16-14(18-20)11-6-3-7-13(11)17-15(19)12-8-9-4-1-2-5-10(9)12/h1-2,4-5,11-13,20H,3,6-8H2,(H2,16,18)(H,17,19). The van der Waals surface area contributed by atoms with E-state index >= 15 is 0 Å². The SMILES string of the molecule is NC(=NO)C1CCCC1NC(=O)C1Cc2ccccc21. The highest BCUT2D eigenvalue weighted by Gasteiger charge is 2.36. The molecule has 3 unspecified atom stereocenters. The van der Waals surface area contributed by atoms with Crippen LogP contribution in [0.3, 0.4) is 0 Å². The Morgan fingerprint density at radius 2 is 2.15 bits per heavy atom. The van der Waals surface area contributed by atoms with Crippen LogP contribution in [0.4, 0.5) is 0 Å². The highest BCUT2D eigenvalue weighted by atomic mass is 16.4. The minimum absolute atomic E-state index is 0.00818. The van der Waals surface area contributed by atoms with Gasteiger partial charge in [0.2, 0.25) is 5.91 Å². The lowest BCUT2D eigenvalue weighted by atomic mass is 9.77. The molecule has 0 saturated heterocycles. The summed E-state index contributed by atoms with van der Waals surface area (Å²) in [5.41, 5.74) is 8.08. The molecule has 4 N–H and O–H groups in total. The summed E-state index contributed by atoms with van der Waals surface area (Å²) in [4.78, 5) is 12.3. The van der Waals surface area contributed by atoms with E-state index in [9.17, 15) is 4.79 Å². The number of carbonyl (C=O) groups excluding carboxylic acids is 1. The first-order valence-corrected chi connectivity index (χ1v) is 7.06. The number of nitrogens with one attached hydrogen (secondary N) is 1. The van der Waals surface area contributed by atoms with Crippen molar-refractivity contribution in [3.8, 4) is 0 Å². The monoisotopic (exact) mass is 273 g/mol. The summed E-state index contributed by atoms with van der Waals surface area (Å²) >= 11 is 0. The summed E-state index contributed by atoms with van der Waals surface area (Å²) in [6, 6.07) is 8.03. The number of nitrogens with zero attached hydrogens (tertiary/aromatic N) is 1. The average Bonchev–Trinajstić information content (AvgIpc) is 2.87. The van der Waals surface area contributed by atoms with Gasteiger partial charge in [0, 0.05) is 12.0 Å². The number of amidine groups is 1. The number of fused-ring (bicyclic) bond motifs is 1. The van der Waals surface area contributed by atoms with E-state index in [1.54, 1.807) is 0 Å². The lowest BCUT2D eigenvalue weighted by Crippen LogP contribution is -2.46. The van der Waals surface area contributed by atoms with E-state index in [0.717, 1.165) is 31.2 Å². The van der Waals surface area contributed by atoms with Gasteiger partial charge in [0.1, 0.15) is 5.84 Å². The zero-order chi connectivity index (χ0) is 14.1. The van der Waals surface area contributed by atoms with Crippen LogP contribution >= 0.6 is 0 Å². The number of carbonyl (C=O) groups is 1. The maximum absolute atomic E-state index is 12.3. The maximum atomic E-state index is 12.3. The molecule has 0 heterocycles. The Bertz CT molecular complexity index is 556. The summed E-state index contributed by atoms with van der Waals surface area (Å²) in [6.45, 7) is 0. The van der Waals surface area contributed by atoms with Gasteiger partial charge in [0.15, 0.2) is 0 Å². The Morgan fingerprint density at radius 3 is 2.90 bits per heavy atom. The topological polar surface area (TPSA) is 87.7 Å². The van der Waals surface area contributed by atoms with Crippen molar-refractivity contribution in [2.75, 3.05) is 0 Å². The van der Waals surface area contributed by atoms with Crippen molar-refractivity contribution in [3.05, 3.63) is 35.4 Å². The maximum Gasteiger partial charge on any atom is 0.228 e. The molecule has 0 bridgehead atoms. The molecule has 3 atom stereocenters. The van der Waals surface area contributed by atoms with E-state index in [0.29, 0.717) is 0 Å². The second-order valence-electron chi connectivity index (χ2n) is 5.63. The number of amides is 1. The highest BCUT2D eigenvalue weighted by molar-refractivity contribution is 5.88. The number of nitrogens with two attached hydrogens (primary N) is 1. The molecular weight excluding hydrogens is 254 g/mol. The largest absolute Gasteiger partial charge is 0.409 e. The minimum Gasteiger partial charge on any atom is -0.409 e. The third-order valence-corrected chi connectivity index (χ3v) is 4.51. The lowest BCUT2D eigenvalue weighted by molar-refractivity contribution is -0.123. The van der Waals surface area contributed by atoms with E-state index in [4.69, 9.17) is 10.9 Å². The summed E-state index contributed by atoms with van der Waals surface area (Å²) in [6.07, 6.45) is 3.55. The second kappa shape index (κ2) is 5.15. The molecule has 1 saturated carbocycles. The third-order valence-electron chi connectivity index (χ3n) is 4.51. The Labute approximate surface area is 117 Å². The van der Waals surface area contributed by atoms with E-state index < -0.39 is 0 Å². The third kappa shape index (κ3) is 2.13. The van der Waals surface area contributed by atoms with Gasteiger partial charge in [-0.25, -0.2) is 0 Å². The summed E-state index contributed by atoms with van der Waals surface area (Å²) < 4.78 is 0. The van der Waals surface area contributed by atoms with Crippen LogP contribution in [0.2, 0.25) is 0 Å². The molecule has 0 spiro atoms. The Kier molecular flexibility index (Phi) is 3.34. The first-order valence-electron chi connectivity index (χ1n) is 7.06. The fraction of sp³-hybridized carbons (Fsp3) is 0.467. The number of hydrogen-bond acceptors (Lipinski definition) is 3. The van der Waals surface area contributed by atoms with Crippen molar-refractivity contribution < 1.29 is 10.0 Å². The highest BCUT2D eigenvalue weighted by Crippen LogP contribution is 2.35. The smallest absolute Gasteiger partial charge is 0.228 e. The van der Waals surface area contributed by atoms with Crippen LogP contribution in [0.25, 0.3) is 0 Å². The van der Waals surface area contributed by atoms with Gasteiger partial charge in [-0.1, -0.05) is 35.8 Å². The van der Waals surface area contributed by atoms with E-state index in [2.05, 4.69) is 16.5 Å². The van der Waals surface area contributed by atoms with Crippen molar-refractivity contribution >= 4 is 11.7 Å². The number of benzene rings is 1. The van der Waals surface area contributed by atoms with E-state index in [1.807, 2.05) is 18.2 Å². The van der Waals surface area contributed by atoms with Crippen LogP contribution in [0.15, 0.2) is 29.4 Å². The predicted octanol–water partition coefficient (Wildman–Crippen LogP) is 1.36. The number of hydrogen-bond donors (Lipinski definition) is 3. The second-order valence-corrected chi connectivity index (χ2v) is 5.63. The molecule has 3 rings (SSSR count). The summed E-state index contributed by atoms with van der Waals surface area (Å²) in [7, 11) is 0. The average molecular weight is 273 g/mol. The first-order chi connectivity index (χ1) is 9.70. The molecular formula is C15H19N3O2. The van der Waals surface area contributed by atoms with Gasteiger partial charge < -0.3 is 16.3 Å². The zero-order valence-electron chi connectivity index (χ0n) is 11.2. The van der Waals surface area contributed by atoms with Gasteiger partial charge in [0.05, 0.1) is 5.92 Å². The molecule has 0 aliphatic heterocycles. The lowest BCUT2D eigenvalue weighted by Gasteiger charge is -2.31. The molecule has 0 aromatic heterocycles. The van der Waals surface area contributed by atoms with Crippen LogP contribution in [0.5, 0.6) is 0 Å². The Hall–Kier alpha value is -2.04. The zero-order valence-corrected chi connectivity index (χ0v) is 11.2. The molecule has 1 aromatic rings. The van der Waals surface area contributed by atoms with Crippen LogP contribution in [0.1, 0.15) is 36.3 Å². The van der Waals surface area contributed by atoms with Crippen LogP contribution in [-0.2, 0) is 11.2 Å². The molecule has 1 amide bonds. The van der Waals surface area contributed by atoms with Crippen molar-refractivity contribution in [1.29, 1.82) is 0 Å².